The lowest BCUT2D eigenvalue weighted by molar-refractivity contribution is -0.127. The van der Waals surface area contributed by atoms with Crippen LogP contribution in [-0.4, -0.2) is 41.0 Å². The van der Waals surface area contributed by atoms with E-state index >= 15 is 0 Å². The van der Waals surface area contributed by atoms with Crippen molar-refractivity contribution in [1.82, 2.24) is 15.5 Å². The second-order valence-electron chi connectivity index (χ2n) is 10.2. The van der Waals surface area contributed by atoms with E-state index in [0.29, 0.717) is 12.1 Å². The number of amides is 3. The molecule has 0 saturated heterocycles. The third kappa shape index (κ3) is 6.87. The van der Waals surface area contributed by atoms with Gasteiger partial charge in [0.2, 0.25) is 5.91 Å². The lowest BCUT2D eigenvalue weighted by atomic mass is 9.87. The zero-order valence-corrected chi connectivity index (χ0v) is 23.2. The van der Waals surface area contributed by atoms with E-state index in [4.69, 9.17) is 4.74 Å². The van der Waals surface area contributed by atoms with Gasteiger partial charge in [-0.2, -0.15) is 0 Å². The number of benzene rings is 2. The molecule has 2 aromatic rings. The van der Waals surface area contributed by atoms with Crippen molar-refractivity contribution in [3.63, 3.8) is 0 Å². The third-order valence-electron chi connectivity index (χ3n) is 6.19. The van der Waals surface area contributed by atoms with E-state index in [-0.39, 0.29) is 18.4 Å². The standard InChI is InChI=1S/C28H36BrN3O4/c1-6-7-15-30-25(33)24-18(2)23(31-27(35)36-28(3,4)5)22-14-9-8-11-20(22)17-32(24)26(34)19-12-10-13-21(29)16-19/h8-14,16,18,23-24H,6-7,15,17H2,1-5H3,(H,30,33)(H,31,35)/t18-,23+,24-/m1/s1. The summed E-state index contributed by atoms with van der Waals surface area (Å²) in [6, 6.07) is 13.5. The monoisotopic (exact) mass is 557 g/mol. The minimum Gasteiger partial charge on any atom is -0.444 e. The molecule has 3 atom stereocenters. The van der Waals surface area contributed by atoms with Gasteiger partial charge in [-0.15, -0.1) is 0 Å². The molecule has 0 spiro atoms. The highest BCUT2D eigenvalue weighted by Gasteiger charge is 2.43. The van der Waals surface area contributed by atoms with E-state index < -0.39 is 29.7 Å². The van der Waals surface area contributed by atoms with Gasteiger partial charge in [0.15, 0.2) is 0 Å². The van der Waals surface area contributed by atoms with Gasteiger partial charge in [-0.1, -0.05) is 66.5 Å². The highest BCUT2D eigenvalue weighted by Crippen LogP contribution is 2.36. The van der Waals surface area contributed by atoms with E-state index in [2.05, 4.69) is 33.5 Å². The summed E-state index contributed by atoms with van der Waals surface area (Å²) in [6.45, 7) is 10.1. The number of carbonyl (C=O) groups excluding carboxylic acids is 3. The first-order chi connectivity index (χ1) is 17.0. The first-order valence-corrected chi connectivity index (χ1v) is 13.2. The lowest BCUT2D eigenvalue weighted by Crippen LogP contribution is -2.54. The summed E-state index contributed by atoms with van der Waals surface area (Å²) in [5, 5.41) is 6.01. The third-order valence-corrected chi connectivity index (χ3v) is 6.69. The molecule has 0 aromatic heterocycles. The molecule has 7 nitrogen and oxygen atoms in total. The van der Waals surface area contributed by atoms with Gasteiger partial charge in [0.25, 0.3) is 5.91 Å². The molecule has 8 heteroatoms. The van der Waals surface area contributed by atoms with Gasteiger partial charge in [0, 0.05) is 29.0 Å². The second-order valence-corrected chi connectivity index (χ2v) is 11.1. The van der Waals surface area contributed by atoms with Gasteiger partial charge in [0.1, 0.15) is 11.6 Å². The molecule has 0 fully saturated rings. The summed E-state index contributed by atoms with van der Waals surface area (Å²) >= 11 is 3.44. The summed E-state index contributed by atoms with van der Waals surface area (Å²) in [4.78, 5) is 41.9. The highest BCUT2D eigenvalue weighted by atomic mass is 79.9. The van der Waals surface area contributed by atoms with Crippen LogP contribution < -0.4 is 10.6 Å². The maximum atomic E-state index is 13.8. The molecule has 1 aliphatic rings. The van der Waals surface area contributed by atoms with Crippen molar-refractivity contribution in [3.05, 3.63) is 69.7 Å². The molecule has 0 unspecified atom stereocenters. The number of ether oxygens (including phenoxy) is 1. The average molecular weight is 559 g/mol. The Bertz CT molecular complexity index is 1100. The zero-order chi connectivity index (χ0) is 26.5. The van der Waals surface area contributed by atoms with E-state index in [0.717, 1.165) is 28.4 Å². The predicted molar refractivity (Wildman–Crippen MR) is 143 cm³/mol. The number of nitrogens with zero attached hydrogens (tertiary/aromatic N) is 1. The van der Waals surface area contributed by atoms with E-state index in [9.17, 15) is 14.4 Å². The summed E-state index contributed by atoms with van der Waals surface area (Å²) in [6.07, 6.45) is 1.22. The molecule has 3 amide bonds. The molecule has 0 saturated carbocycles. The van der Waals surface area contributed by atoms with Crippen molar-refractivity contribution in [1.29, 1.82) is 0 Å². The zero-order valence-electron chi connectivity index (χ0n) is 21.6. The Labute approximate surface area is 222 Å². The van der Waals surface area contributed by atoms with Crippen molar-refractivity contribution in [2.45, 2.75) is 71.7 Å². The van der Waals surface area contributed by atoms with Crippen LogP contribution in [0.2, 0.25) is 0 Å². The van der Waals surface area contributed by atoms with Gasteiger partial charge in [0.05, 0.1) is 6.04 Å². The Hall–Kier alpha value is -2.87. The van der Waals surface area contributed by atoms with Crippen LogP contribution in [-0.2, 0) is 16.1 Å². The smallest absolute Gasteiger partial charge is 0.408 e. The van der Waals surface area contributed by atoms with Crippen molar-refractivity contribution in [2.24, 2.45) is 5.92 Å². The number of nitrogens with one attached hydrogen (secondary N) is 2. The van der Waals surface area contributed by atoms with Crippen molar-refractivity contribution in [3.8, 4) is 0 Å². The maximum absolute atomic E-state index is 13.8. The Morgan fingerprint density at radius 2 is 1.83 bits per heavy atom. The van der Waals surface area contributed by atoms with Gasteiger partial charge in [-0.05, 0) is 56.5 Å². The molecular weight excluding hydrogens is 522 g/mol. The largest absolute Gasteiger partial charge is 0.444 e. The fourth-order valence-electron chi connectivity index (χ4n) is 4.52. The quantitative estimate of drug-likeness (QED) is 0.453. The Morgan fingerprint density at radius 1 is 1.11 bits per heavy atom. The number of hydrogen-bond donors (Lipinski definition) is 2. The first kappa shape index (κ1) is 27.7. The Balaban J connectivity index is 2.06. The molecular formula is C28H36BrN3O4. The van der Waals surface area contributed by atoms with Crippen LogP contribution >= 0.6 is 15.9 Å². The van der Waals surface area contributed by atoms with E-state index in [1.165, 1.54) is 0 Å². The molecule has 2 aromatic carbocycles. The van der Waals surface area contributed by atoms with Crippen LogP contribution in [0.25, 0.3) is 0 Å². The topological polar surface area (TPSA) is 87.7 Å². The minimum absolute atomic E-state index is 0.233. The van der Waals surface area contributed by atoms with Crippen molar-refractivity contribution < 1.29 is 19.1 Å². The first-order valence-electron chi connectivity index (χ1n) is 12.4. The van der Waals surface area contributed by atoms with E-state index in [1.807, 2.05) is 37.3 Å². The van der Waals surface area contributed by atoms with Gasteiger partial charge in [-0.3, -0.25) is 9.59 Å². The predicted octanol–water partition coefficient (Wildman–Crippen LogP) is 5.59. The molecule has 194 valence electrons. The number of carbonyl (C=O) groups is 3. The molecule has 1 aliphatic heterocycles. The fourth-order valence-corrected chi connectivity index (χ4v) is 4.91. The summed E-state index contributed by atoms with van der Waals surface area (Å²) in [5.74, 6) is -0.909. The van der Waals surface area contributed by atoms with Crippen LogP contribution in [0.4, 0.5) is 4.79 Å². The number of unbranched alkanes of at least 4 members (excludes halogenated alkanes) is 1. The average Bonchev–Trinajstić information content (AvgIpc) is 2.92. The van der Waals surface area contributed by atoms with E-state index in [1.54, 1.807) is 43.9 Å². The maximum Gasteiger partial charge on any atom is 0.408 e. The Morgan fingerprint density at radius 3 is 2.50 bits per heavy atom. The van der Waals surface area contributed by atoms with Crippen LogP contribution in [0, 0.1) is 5.92 Å². The number of alkyl carbamates (subject to hydrolysis) is 1. The van der Waals surface area contributed by atoms with Gasteiger partial charge < -0.3 is 20.3 Å². The molecule has 3 rings (SSSR count). The number of rotatable bonds is 6. The minimum atomic E-state index is -0.805. The van der Waals surface area contributed by atoms with Crippen LogP contribution in [0.5, 0.6) is 0 Å². The molecule has 36 heavy (non-hydrogen) atoms. The molecule has 0 bridgehead atoms. The summed E-state index contributed by atoms with van der Waals surface area (Å²) < 4.78 is 6.32. The van der Waals surface area contributed by atoms with Gasteiger partial charge >= 0.3 is 6.09 Å². The summed E-state index contributed by atoms with van der Waals surface area (Å²) in [7, 11) is 0. The van der Waals surface area contributed by atoms with Crippen LogP contribution in [0.15, 0.2) is 53.0 Å². The molecule has 1 heterocycles. The van der Waals surface area contributed by atoms with Crippen LogP contribution in [0.1, 0.15) is 75.0 Å². The van der Waals surface area contributed by atoms with Crippen molar-refractivity contribution in [2.75, 3.05) is 6.54 Å². The molecule has 0 radical (unpaired) electrons. The lowest BCUT2D eigenvalue weighted by Gasteiger charge is -2.35. The summed E-state index contributed by atoms with van der Waals surface area (Å²) in [5.41, 5.74) is 1.56. The number of halogens is 1. The number of hydrogen-bond acceptors (Lipinski definition) is 4. The second kappa shape index (κ2) is 11.9. The van der Waals surface area contributed by atoms with Crippen LogP contribution in [0.3, 0.4) is 0 Å². The highest BCUT2D eigenvalue weighted by molar-refractivity contribution is 9.10. The molecule has 0 aliphatic carbocycles. The number of fused-ring (bicyclic) bond motifs is 1. The normalized spacial score (nSPS) is 19.6. The van der Waals surface area contributed by atoms with Gasteiger partial charge in [-0.25, -0.2) is 4.79 Å². The SMILES string of the molecule is CCCCNC(=O)[C@H]1[C@H](C)[C@H](NC(=O)OC(C)(C)C)c2ccccc2CN1C(=O)c1cccc(Br)c1. The van der Waals surface area contributed by atoms with Crippen molar-refractivity contribution >= 4 is 33.8 Å². The fraction of sp³-hybridized carbons (Fsp3) is 0.464. The Kier molecular flexibility index (Phi) is 9.17. The molecule has 2 N–H and O–H groups in total.